The molecule has 0 radical (unpaired) electrons. The standard InChI is InChI=1S/C16H16ClF3N6O3/c1-3-4-6-26-10-11(24(2)15(26)28)22-14(17)23-12(10)25-7-5-21-8-9(25)29-13(27)16(18,19)20/h9,21H,5-8H2,1-2H3. The number of ether oxygens (including phenoxy) is 1. The highest BCUT2D eigenvalue weighted by Gasteiger charge is 2.44. The van der Waals surface area contributed by atoms with Crippen molar-refractivity contribution in [1.82, 2.24) is 24.4 Å². The number of esters is 1. The molecule has 156 valence electrons. The molecule has 0 amide bonds. The lowest BCUT2D eigenvalue weighted by atomic mass is 10.3. The Bertz CT molecular complexity index is 1070. The fourth-order valence-corrected chi connectivity index (χ4v) is 3.13. The van der Waals surface area contributed by atoms with Gasteiger partial charge in [0, 0.05) is 20.1 Å². The van der Waals surface area contributed by atoms with E-state index in [0.717, 1.165) is 0 Å². The summed E-state index contributed by atoms with van der Waals surface area (Å²) in [7, 11) is 1.48. The van der Waals surface area contributed by atoms with Crippen LogP contribution in [-0.4, -0.2) is 57.1 Å². The Kier molecular flexibility index (Phi) is 5.72. The second-order valence-corrected chi connectivity index (χ2v) is 6.44. The maximum absolute atomic E-state index is 12.7. The number of carbonyl (C=O) groups excluding carboxylic acids is 1. The van der Waals surface area contributed by atoms with E-state index in [-0.39, 0.29) is 41.9 Å². The number of anilines is 1. The van der Waals surface area contributed by atoms with Crippen LogP contribution in [-0.2, 0) is 23.1 Å². The smallest absolute Gasteiger partial charge is 0.433 e. The summed E-state index contributed by atoms with van der Waals surface area (Å²) in [5.41, 5.74) is -0.0264. The Morgan fingerprint density at radius 2 is 2.14 bits per heavy atom. The summed E-state index contributed by atoms with van der Waals surface area (Å²) in [6.45, 7) is 2.09. The summed E-state index contributed by atoms with van der Waals surface area (Å²) in [5.74, 6) is 3.20. The average molecular weight is 433 g/mol. The first-order valence-electron chi connectivity index (χ1n) is 8.42. The zero-order valence-corrected chi connectivity index (χ0v) is 16.1. The number of nitrogens with zero attached hydrogens (tertiary/aromatic N) is 5. The molecular formula is C16H16ClF3N6O3. The van der Waals surface area contributed by atoms with Gasteiger partial charge in [-0.1, -0.05) is 5.92 Å². The zero-order chi connectivity index (χ0) is 21.3. The molecule has 1 aliphatic rings. The van der Waals surface area contributed by atoms with Crippen molar-refractivity contribution >= 4 is 34.6 Å². The number of piperazine rings is 1. The van der Waals surface area contributed by atoms with E-state index in [1.807, 2.05) is 0 Å². The maximum Gasteiger partial charge on any atom is 0.491 e. The van der Waals surface area contributed by atoms with Crippen molar-refractivity contribution < 1.29 is 22.7 Å². The molecule has 3 heterocycles. The zero-order valence-electron chi connectivity index (χ0n) is 15.4. The van der Waals surface area contributed by atoms with E-state index < -0.39 is 24.1 Å². The molecule has 0 saturated carbocycles. The molecule has 1 N–H and O–H groups in total. The Labute approximate surface area is 167 Å². The van der Waals surface area contributed by atoms with Gasteiger partial charge < -0.3 is 15.0 Å². The number of aromatic nitrogens is 4. The molecule has 1 unspecified atom stereocenters. The predicted molar refractivity (Wildman–Crippen MR) is 97.4 cm³/mol. The number of hydrogen-bond donors (Lipinski definition) is 1. The van der Waals surface area contributed by atoms with E-state index in [9.17, 15) is 22.8 Å². The van der Waals surface area contributed by atoms with Crippen LogP contribution < -0.4 is 15.9 Å². The molecule has 1 saturated heterocycles. The van der Waals surface area contributed by atoms with Crippen LogP contribution in [0.2, 0.25) is 5.28 Å². The Morgan fingerprint density at radius 1 is 1.41 bits per heavy atom. The monoisotopic (exact) mass is 432 g/mol. The van der Waals surface area contributed by atoms with Gasteiger partial charge in [-0.05, 0) is 18.5 Å². The number of nitrogens with one attached hydrogen (secondary N) is 1. The van der Waals surface area contributed by atoms with Crippen LogP contribution in [0.25, 0.3) is 11.2 Å². The summed E-state index contributed by atoms with van der Waals surface area (Å²) in [6, 6.07) is 0. The van der Waals surface area contributed by atoms with Crippen LogP contribution in [0, 0.1) is 11.8 Å². The highest BCUT2D eigenvalue weighted by molar-refractivity contribution is 6.28. The molecule has 1 aliphatic heterocycles. The second-order valence-electron chi connectivity index (χ2n) is 6.10. The van der Waals surface area contributed by atoms with Gasteiger partial charge in [0.05, 0.1) is 13.1 Å². The summed E-state index contributed by atoms with van der Waals surface area (Å²) in [6.07, 6.45) is -6.46. The number of carbonyl (C=O) groups is 1. The number of aryl methyl sites for hydroxylation is 1. The minimum Gasteiger partial charge on any atom is -0.433 e. The molecule has 2 aromatic rings. The third-order valence-electron chi connectivity index (χ3n) is 4.28. The second kappa shape index (κ2) is 7.92. The first-order valence-corrected chi connectivity index (χ1v) is 8.80. The molecule has 0 aliphatic carbocycles. The largest absolute Gasteiger partial charge is 0.491 e. The highest BCUT2D eigenvalue weighted by atomic mass is 35.5. The van der Waals surface area contributed by atoms with Crippen molar-refractivity contribution in [3.05, 3.63) is 15.8 Å². The average Bonchev–Trinajstić information content (AvgIpc) is 2.90. The van der Waals surface area contributed by atoms with Crippen molar-refractivity contribution in [2.75, 3.05) is 24.5 Å². The Morgan fingerprint density at radius 3 is 2.79 bits per heavy atom. The fourth-order valence-electron chi connectivity index (χ4n) is 2.97. The summed E-state index contributed by atoms with van der Waals surface area (Å²) in [5, 5.41) is 2.65. The minimum absolute atomic E-state index is 0.0176. The van der Waals surface area contributed by atoms with Crippen molar-refractivity contribution in [3.8, 4) is 11.8 Å². The van der Waals surface area contributed by atoms with E-state index in [1.54, 1.807) is 6.92 Å². The van der Waals surface area contributed by atoms with E-state index in [0.29, 0.717) is 6.54 Å². The number of alkyl halides is 3. The van der Waals surface area contributed by atoms with Crippen LogP contribution >= 0.6 is 11.6 Å². The Hall–Kier alpha value is -2.78. The van der Waals surface area contributed by atoms with E-state index in [4.69, 9.17) is 11.6 Å². The van der Waals surface area contributed by atoms with Gasteiger partial charge in [0.2, 0.25) is 5.28 Å². The van der Waals surface area contributed by atoms with Gasteiger partial charge in [-0.2, -0.15) is 23.1 Å². The lowest BCUT2D eigenvalue weighted by molar-refractivity contribution is -0.205. The number of rotatable bonds is 3. The molecule has 2 aromatic heterocycles. The molecule has 29 heavy (non-hydrogen) atoms. The van der Waals surface area contributed by atoms with Gasteiger partial charge in [-0.25, -0.2) is 9.59 Å². The minimum atomic E-state index is -5.15. The highest BCUT2D eigenvalue weighted by Crippen LogP contribution is 2.28. The third kappa shape index (κ3) is 4.01. The van der Waals surface area contributed by atoms with Gasteiger partial charge in [-0.15, -0.1) is 5.92 Å². The lowest BCUT2D eigenvalue weighted by Crippen LogP contribution is -2.54. The van der Waals surface area contributed by atoms with Crippen LogP contribution in [0.5, 0.6) is 0 Å². The van der Waals surface area contributed by atoms with Gasteiger partial charge in [0.15, 0.2) is 17.7 Å². The lowest BCUT2D eigenvalue weighted by Gasteiger charge is -2.36. The van der Waals surface area contributed by atoms with Gasteiger partial charge in [0.1, 0.15) is 5.52 Å². The number of halogens is 4. The van der Waals surface area contributed by atoms with Gasteiger partial charge in [0.25, 0.3) is 0 Å². The number of fused-ring (bicyclic) bond motifs is 1. The van der Waals surface area contributed by atoms with Crippen LogP contribution in [0.3, 0.4) is 0 Å². The maximum atomic E-state index is 12.7. The van der Waals surface area contributed by atoms with E-state index >= 15 is 0 Å². The summed E-state index contributed by atoms with van der Waals surface area (Å²) < 4.78 is 45.2. The van der Waals surface area contributed by atoms with E-state index in [2.05, 4.69) is 31.9 Å². The van der Waals surface area contributed by atoms with Gasteiger partial charge in [-0.3, -0.25) is 9.13 Å². The predicted octanol–water partition coefficient (Wildman–Crippen LogP) is 0.648. The quantitative estimate of drug-likeness (QED) is 0.432. The molecule has 1 fully saturated rings. The van der Waals surface area contributed by atoms with Crippen molar-refractivity contribution in [3.63, 3.8) is 0 Å². The first-order chi connectivity index (χ1) is 13.6. The molecule has 9 nitrogen and oxygen atoms in total. The molecular weight excluding hydrogens is 417 g/mol. The Balaban J connectivity index is 2.15. The van der Waals surface area contributed by atoms with Crippen LogP contribution in [0.1, 0.15) is 6.92 Å². The third-order valence-corrected chi connectivity index (χ3v) is 4.45. The number of imidazole rings is 1. The SMILES string of the molecule is CC#CCn1c(=O)n(C)c2nc(Cl)nc(N3CCNCC3OC(=O)C(F)(F)F)c21. The van der Waals surface area contributed by atoms with Crippen LogP contribution in [0.15, 0.2) is 4.79 Å². The molecule has 0 aromatic carbocycles. The molecule has 3 rings (SSSR count). The van der Waals surface area contributed by atoms with E-state index in [1.165, 1.54) is 21.1 Å². The van der Waals surface area contributed by atoms with Crippen molar-refractivity contribution in [2.45, 2.75) is 25.9 Å². The summed E-state index contributed by atoms with van der Waals surface area (Å²) >= 11 is 6.00. The first kappa shape index (κ1) is 20.9. The van der Waals surface area contributed by atoms with Crippen LogP contribution in [0.4, 0.5) is 19.0 Å². The van der Waals surface area contributed by atoms with Crippen molar-refractivity contribution in [2.24, 2.45) is 7.05 Å². The fraction of sp³-hybridized carbons (Fsp3) is 0.500. The molecule has 0 bridgehead atoms. The summed E-state index contributed by atoms with van der Waals surface area (Å²) in [4.78, 5) is 33.5. The number of hydrogen-bond acceptors (Lipinski definition) is 7. The molecule has 1 atom stereocenters. The van der Waals surface area contributed by atoms with Crippen molar-refractivity contribution in [1.29, 1.82) is 0 Å². The topological polar surface area (TPSA) is 94.3 Å². The van der Waals surface area contributed by atoms with Gasteiger partial charge >= 0.3 is 17.8 Å². The molecule has 13 heteroatoms. The molecule has 0 spiro atoms. The normalized spacial score (nSPS) is 17.2.